The molecule has 146 valence electrons. The van der Waals surface area contributed by atoms with Crippen molar-refractivity contribution in [3.05, 3.63) is 35.9 Å². The maximum atomic E-state index is 13.2. The fraction of sp³-hybridized carbons (Fsp3) is 0.619. The summed E-state index contributed by atoms with van der Waals surface area (Å²) in [4.78, 5) is 27.3. The highest BCUT2D eigenvalue weighted by atomic mass is 16.5. The number of amides is 2. The van der Waals surface area contributed by atoms with Crippen molar-refractivity contribution in [2.45, 2.75) is 50.5 Å². The molecule has 0 aromatic heterocycles. The predicted octanol–water partition coefficient (Wildman–Crippen LogP) is 1.83. The zero-order valence-corrected chi connectivity index (χ0v) is 15.9. The molecule has 6 nitrogen and oxygen atoms in total. The van der Waals surface area contributed by atoms with E-state index in [4.69, 9.17) is 5.21 Å². The summed E-state index contributed by atoms with van der Waals surface area (Å²) >= 11 is 0. The van der Waals surface area contributed by atoms with Gasteiger partial charge >= 0.3 is 0 Å². The number of nitrogens with one attached hydrogen (secondary N) is 2. The summed E-state index contributed by atoms with van der Waals surface area (Å²) in [5.74, 6) is -0.951. The standard InChI is InChI=1S/C21H29N3O3/c1-20(15-5-3-2-4-6-15)9-11-24(12-10-20)19(26)17-16(18(25)23-27)13-21(7-8-21)14-22-17/h2-6,16-17,22,27H,7-14H2,1H3,(H,23,25). The Morgan fingerprint density at radius 1 is 1.15 bits per heavy atom. The van der Waals surface area contributed by atoms with Crippen LogP contribution in [0.1, 0.15) is 44.6 Å². The molecular weight excluding hydrogens is 342 g/mol. The van der Waals surface area contributed by atoms with Crippen LogP contribution in [-0.4, -0.2) is 47.6 Å². The second kappa shape index (κ2) is 6.91. The van der Waals surface area contributed by atoms with Crippen molar-refractivity contribution < 1.29 is 14.8 Å². The number of hydrogen-bond donors (Lipinski definition) is 3. The van der Waals surface area contributed by atoms with Crippen molar-refractivity contribution in [2.75, 3.05) is 19.6 Å². The Hall–Kier alpha value is -1.92. The molecule has 1 aliphatic carbocycles. The topological polar surface area (TPSA) is 81.7 Å². The normalized spacial score (nSPS) is 28.6. The van der Waals surface area contributed by atoms with Gasteiger partial charge in [-0.3, -0.25) is 14.8 Å². The third kappa shape index (κ3) is 3.48. The highest BCUT2D eigenvalue weighted by Crippen LogP contribution is 2.52. The van der Waals surface area contributed by atoms with Crippen molar-refractivity contribution in [2.24, 2.45) is 11.3 Å². The Morgan fingerprint density at radius 3 is 2.41 bits per heavy atom. The van der Waals surface area contributed by atoms with Crippen molar-refractivity contribution in [1.29, 1.82) is 0 Å². The van der Waals surface area contributed by atoms with Gasteiger partial charge in [-0.15, -0.1) is 0 Å². The van der Waals surface area contributed by atoms with E-state index >= 15 is 0 Å². The summed E-state index contributed by atoms with van der Waals surface area (Å²) in [5, 5.41) is 12.5. The average molecular weight is 371 g/mol. The molecular formula is C21H29N3O3. The van der Waals surface area contributed by atoms with Crippen LogP contribution in [0.4, 0.5) is 0 Å². The quantitative estimate of drug-likeness (QED) is 0.559. The number of carbonyl (C=O) groups is 2. The molecule has 6 heteroatoms. The number of piperidine rings is 2. The molecule has 2 amide bonds. The first-order chi connectivity index (χ1) is 13.0. The van der Waals surface area contributed by atoms with E-state index in [-0.39, 0.29) is 16.7 Å². The van der Waals surface area contributed by atoms with Gasteiger partial charge in [0.1, 0.15) is 0 Å². The number of carbonyl (C=O) groups excluding carboxylic acids is 2. The maximum Gasteiger partial charge on any atom is 0.248 e. The minimum atomic E-state index is -0.538. The largest absolute Gasteiger partial charge is 0.341 e. The van der Waals surface area contributed by atoms with Gasteiger partial charge in [0.2, 0.25) is 11.8 Å². The van der Waals surface area contributed by atoms with E-state index in [9.17, 15) is 9.59 Å². The first-order valence-corrected chi connectivity index (χ1v) is 9.98. The molecule has 0 radical (unpaired) electrons. The van der Waals surface area contributed by atoms with Gasteiger partial charge in [-0.25, -0.2) is 5.48 Å². The molecule has 1 aromatic rings. The first kappa shape index (κ1) is 18.4. The summed E-state index contributed by atoms with van der Waals surface area (Å²) in [5.41, 5.74) is 3.33. The molecule has 3 N–H and O–H groups in total. The number of hydroxylamine groups is 1. The van der Waals surface area contributed by atoms with Gasteiger partial charge in [0.05, 0.1) is 12.0 Å². The molecule has 2 atom stereocenters. The Kier molecular flexibility index (Phi) is 4.72. The fourth-order valence-corrected chi connectivity index (χ4v) is 4.82. The third-order valence-corrected chi connectivity index (χ3v) is 7.07. The van der Waals surface area contributed by atoms with Crippen molar-refractivity contribution in [1.82, 2.24) is 15.7 Å². The van der Waals surface area contributed by atoms with E-state index in [2.05, 4.69) is 36.5 Å². The van der Waals surface area contributed by atoms with Crippen LogP contribution < -0.4 is 10.8 Å². The summed E-state index contributed by atoms with van der Waals surface area (Å²) in [6.07, 6.45) is 4.69. The SMILES string of the molecule is CC1(c2ccccc2)CCN(C(=O)C2NCC3(CC3)CC2C(=O)NO)CC1. The van der Waals surface area contributed by atoms with E-state index < -0.39 is 17.9 Å². The number of hydrogen-bond acceptors (Lipinski definition) is 4. The van der Waals surface area contributed by atoms with E-state index in [1.54, 1.807) is 5.48 Å². The number of rotatable bonds is 3. The Bertz CT molecular complexity index is 709. The molecule has 0 bridgehead atoms. The maximum absolute atomic E-state index is 13.2. The van der Waals surface area contributed by atoms with Gasteiger partial charge in [-0.1, -0.05) is 37.3 Å². The van der Waals surface area contributed by atoms with Crippen molar-refractivity contribution in [3.8, 4) is 0 Å². The molecule has 4 rings (SSSR count). The lowest BCUT2D eigenvalue weighted by molar-refractivity contribution is -0.145. The molecule has 2 unspecified atom stereocenters. The lowest BCUT2D eigenvalue weighted by Gasteiger charge is -2.43. The fourth-order valence-electron chi connectivity index (χ4n) is 4.82. The highest BCUT2D eigenvalue weighted by Gasteiger charge is 2.53. The first-order valence-electron chi connectivity index (χ1n) is 9.98. The molecule has 2 aliphatic heterocycles. The van der Waals surface area contributed by atoms with Crippen LogP contribution >= 0.6 is 0 Å². The van der Waals surface area contributed by atoms with Crippen molar-refractivity contribution in [3.63, 3.8) is 0 Å². The molecule has 2 heterocycles. The third-order valence-electron chi connectivity index (χ3n) is 7.07. The summed E-state index contributed by atoms with van der Waals surface area (Å²) in [7, 11) is 0. The molecule has 1 spiro atoms. The average Bonchev–Trinajstić information content (AvgIpc) is 3.46. The van der Waals surface area contributed by atoms with Crippen LogP contribution in [0, 0.1) is 11.3 Å². The number of nitrogens with zero attached hydrogens (tertiary/aromatic N) is 1. The minimum absolute atomic E-state index is 0.00536. The van der Waals surface area contributed by atoms with E-state index in [1.165, 1.54) is 5.56 Å². The predicted molar refractivity (Wildman–Crippen MR) is 101 cm³/mol. The second-order valence-corrected chi connectivity index (χ2v) is 8.90. The van der Waals surface area contributed by atoms with Crippen LogP contribution in [0.3, 0.4) is 0 Å². The van der Waals surface area contributed by atoms with Gasteiger partial charge in [0, 0.05) is 19.6 Å². The second-order valence-electron chi connectivity index (χ2n) is 8.90. The minimum Gasteiger partial charge on any atom is -0.341 e. The number of benzene rings is 1. The van der Waals surface area contributed by atoms with Crippen molar-refractivity contribution >= 4 is 11.8 Å². The molecule has 1 saturated carbocycles. The lowest BCUT2D eigenvalue weighted by atomic mass is 9.74. The summed E-state index contributed by atoms with van der Waals surface area (Å²) < 4.78 is 0. The van der Waals surface area contributed by atoms with Gasteiger partial charge in [0.25, 0.3) is 0 Å². The molecule has 3 aliphatic rings. The van der Waals surface area contributed by atoms with Crippen LogP contribution in [0.5, 0.6) is 0 Å². The Balaban J connectivity index is 1.43. The molecule has 3 fully saturated rings. The Morgan fingerprint density at radius 2 is 1.81 bits per heavy atom. The smallest absolute Gasteiger partial charge is 0.248 e. The summed E-state index contributed by atoms with van der Waals surface area (Å²) in [6.45, 7) is 4.44. The van der Waals surface area contributed by atoms with Crippen LogP contribution in [0.25, 0.3) is 0 Å². The van der Waals surface area contributed by atoms with E-state index in [0.29, 0.717) is 19.5 Å². The van der Waals surface area contributed by atoms with Crippen LogP contribution in [-0.2, 0) is 15.0 Å². The molecule has 2 saturated heterocycles. The van der Waals surface area contributed by atoms with Gasteiger partial charge in [-0.2, -0.15) is 0 Å². The van der Waals surface area contributed by atoms with E-state index in [0.717, 1.165) is 32.2 Å². The van der Waals surface area contributed by atoms with Crippen LogP contribution in [0.2, 0.25) is 0 Å². The molecule has 27 heavy (non-hydrogen) atoms. The Labute approximate surface area is 160 Å². The van der Waals surface area contributed by atoms with Crippen LogP contribution in [0.15, 0.2) is 30.3 Å². The summed E-state index contributed by atoms with van der Waals surface area (Å²) in [6, 6.07) is 9.95. The van der Waals surface area contributed by atoms with Gasteiger partial charge < -0.3 is 10.2 Å². The lowest BCUT2D eigenvalue weighted by Crippen LogP contribution is -2.60. The molecule has 1 aromatic carbocycles. The van der Waals surface area contributed by atoms with Gasteiger partial charge in [0.15, 0.2) is 0 Å². The highest BCUT2D eigenvalue weighted by molar-refractivity contribution is 5.90. The van der Waals surface area contributed by atoms with Gasteiger partial charge in [-0.05, 0) is 48.5 Å². The zero-order valence-electron chi connectivity index (χ0n) is 15.9. The van der Waals surface area contributed by atoms with E-state index in [1.807, 2.05) is 11.0 Å². The zero-order chi connectivity index (χ0) is 19.1. The monoisotopic (exact) mass is 371 g/mol. The number of likely N-dealkylation sites (tertiary alicyclic amines) is 1.